The number of hydrogen-bond donors (Lipinski definition) is 2. The molecule has 1 amide bonds. The molecule has 1 aliphatic heterocycles. The first-order valence-corrected chi connectivity index (χ1v) is 10.5. The highest BCUT2D eigenvalue weighted by Gasteiger charge is 2.42. The Morgan fingerprint density at radius 2 is 1.72 bits per heavy atom. The molecule has 0 bridgehead atoms. The summed E-state index contributed by atoms with van der Waals surface area (Å²) in [4.78, 5) is 15.3. The van der Waals surface area contributed by atoms with E-state index in [1.807, 2.05) is 71.6 Å². The molecule has 1 aliphatic rings. The van der Waals surface area contributed by atoms with Crippen molar-refractivity contribution in [1.29, 1.82) is 0 Å². The van der Waals surface area contributed by atoms with E-state index >= 15 is 0 Å². The SMILES string of the molecule is COc1ccc(CCN2C(=O)c3[nH]nc(-c4ccccc4O)c3[C@H]2c2ccccc2)cc1. The van der Waals surface area contributed by atoms with Gasteiger partial charge in [-0.2, -0.15) is 5.10 Å². The van der Waals surface area contributed by atoms with Crippen molar-refractivity contribution in [2.45, 2.75) is 12.5 Å². The Hall–Kier alpha value is -4.06. The van der Waals surface area contributed by atoms with E-state index in [1.165, 1.54) is 0 Å². The third-order valence-electron chi connectivity index (χ3n) is 5.94. The number of carbonyl (C=O) groups excluding carboxylic acids is 1. The molecule has 1 atom stereocenters. The van der Waals surface area contributed by atoms with E-state index in [-0.39, 0.29) is 17.7 Å². The molecule has 1 aromatic heterocycles. The van der Waals surface area contributed by atoms with Crippen molar-refractivity contribution in [3.8, 4) is 22.8 Å². The van der Waals surface area contributed by atoms with Gasteiger partial charge in [0.1, 0.15) is 22.9 Å². The number of phenols is 1. The molecule has 0 aliphatic carbocycles. The second-order valence-corrected chi connectivity index (χ2v) is 7.79. The second kappa shape index (κ2) is 8.23. The van der Waals surface area contributed by atoms with E-state index in [4.69, 9.17) is 4.74 Å². The number of amides is 1. The zero-order valence-electron chi connectivity index (χ0n) is 17.7. The summed E-state index contributed by atoms with van der Waals surface area (Å²) < 4.78 is 5.24. The highest BCUT2D eigenvalue weighted by molar-refractivity contribution is 6.00. The lowest BCUT2D eigenvalue weighted by atomic mass is 9.95. The molecule has 32 heavy (non-hydrogen) atoms. The standard InChI is InChI=1S/C26H23N3O3/c1-32-19-13-11-17(12-14-19)15-16-29-25(18-7-3-2-4-8-18)22-23(27-28-24(22)26(29)31)20-9-5-6-10-21(20)30/h2-14,25,30H,15-16H2,1H3,(H,27,28)/t25-/m1/s1. The summed E-state index contributed by atoms with van der Waals surface area (Å²) in [7, 11) is 1.65. The Balaban J connectivity index is 1.53. The number of methoxy groups -OCH3 is 1. The Morgan fingerprint density at radius 3 is 2.44 bits per heavy atom. The molecule has 0 spiro atoms. The summed E-state index contributed by atoms with van der Waals surface area (Å²) in [6, 6.07) is 24.6. The van der Waals surface area contributed by atoms with Crippen LogP contribution in [-0.4, -0.2) is 39.8 Å². The van der Waals surface area contributed by atoms with E-state index < -0.39 is 0 Å². The highest BCUT2D eigenvalue weighted by atomic mass is 16.5. The fourth-order valence-electron chi connectivity index (χ4n) is 4.33. The fraction of sp³-hybridized carbons (Fsp3) is 0.154. The lowest BCUT2D eigenvalue weighted by molar-refractivity contribution is 0.0746. The van der Waals surface area contributed by atoms with Crippen molar-refractivity contribution in [2.75, 3.05) is 13.7 Å². The smallest absolute Gasteiger partial charge is 0.273 e. The van der Waals surface area contributed by atoms with E-state index in [9.17, 15) is 9.90 Å². The maximum Gasteiger partial charge on any atom is 0.273 e. The van der Waals surface area contributed by atoms with E-state index in [1.54, 1.807) is 19.2 Å². The van der Waals surface area contributed by atoms with Crippen molar-refractivity contribution >= 4 is 5.91 Å². The molecule has 160 valence electrons. The minimum Gasteiger partial charge on any atom is -0.507 e. The lowest BCUT2D eigenvalue weighted by Gasteiger charge is -2.26. The Morgan fingerprint density at radius 1 is 1.00 bits per heavy atom. The Kier molecular flexibility index (Phi) is 5.11. The number of H-pyrrole nitrogens is 1. The van der Waals surface area contributed by atoms with Crippen molar-refractivity contribution in [1.82, 2.24) is 15.1 Å². The van der Waals surface area contributed by atoms with Crippen LogP contribution in [0, 0.1) is 0 Å². The zero-order chi connectivity index (χ0) is 22.1. The number of para-hydroxylation sites is 1. The number of benzene rings is 3. The van der Waals surface area contributed by atoms with Crippen LogP contribution in [0.1, 0.15) is 33.2 Å². The number of nitrogens with one attached hydrogen (secondary N) is 1. The van der Waals surface area contributed by atoms with Gasteiger partial charge in [0, 0.05) is 17.7 Å². The molecule has 0 unspecified atom stereocenters. The third-order valence-corrected chi connectivity index (χ3v) is 5.94. The monoisotopic (exact) mass is 425 g/mol. The van der Waals surface area contributed by atoms with Gasteiger partial charge in [0.05, 0.1) is 13.2 Å². The summed E-state index contributed by atoms with van der Waals surface area (Å²) >= 11 is 0. The predicted octanol–water partition coefficient (Wildman–Crippen LogP) is 4.58. The third kappa shape index (κ3) is 3.39. The molecule has 6 nitrogen and oxygen atoms in total. The fourth-order valence-corrected chi connectivity index (χ4v) is 4.33. The Bertz CT molecular complexity index is 1250. The average molecular weight is 425 g/mol. The maximum absolute atomic E-state index is 13.4. The van der Waals surface area contributed by atoms with Crippen LogP contribution >= 0.6 is 0 Å². The number of aromatic hydroxyl groups is 1. The number of aromatic nitrogens is 2. The van der Waals surface area contributed by atoms with Gasteiger partial charge < -0.3 is 14.7 Å². The molecule has 4 aromatic rings. The Labute approximate surface area is 186 Å². The maximum atomic E-state index is 13.4. The van der Waals surface area contributed by atoms with Crippen LogP contribution in [0.15, 0.2) is 78.9 Å². The predicted molar refractivity (Wildman–Crippen MR) is 122 cm³/mol. The number of rotatable bonds is 6. The second-order valence-electron chi connectivity index (χ2n) is 7.79. The van der Waals surface area contributed by atoms with Gasteiger partial charge in [-0.25, -0.2) is 0 Å². The van der Waals surface area contributed by atoms with Crippen LogP contribution < -0.4 is 4.74 Å². The van der Waals surface area contributed by atoms with Gasteiger partial charge >= 0.3 is 0 Å². The molecule has 2 N–H and O–H groups in total. The van der Waals surface area contributed by atoms with E-state index in [0.717, 1.165) is 22.4 Å². The summed E-state index contributed by atoms with van der Waals surface area (Å²) in [5, 5.41) is 17.8. The van der Waals surface area contributed by atoms with Gasteiger partial charge in [-0.15, -0.1) is 0 Å². The molecule has 2 heterocycles. The van der Waals surface area contributed by atoms with Crippen LogP contribution in [0.3, 0.4) is 0 Å². The van der Waals surface area contributed by atoms with Gasteiger partial charge in [0.2, 0.25) is 0 Å². The molecule has 6 heteroatoms. The van der Waals surface area contributed by atoms with Gasteiger partial charge in [-0.3, -0.25) is 9.89 Å². The van der Waals surface area contributed by atoms with Crippen LogP contribution in [-0.2, 0) is 6.42 Å². The number of nitrogens with zero attached hydrogens (tertiary/aromatic N) is 2. The molecular weight excluding hydrogens is 402 g/mol. The topological polar surface area (TPSA) is 78.5 Å². The largest absolute Gasteiger partial charge is 0.507 e. The first kappa shape index (κ1) is 19.9. The van der Waals surface area contributed by atoms with Crippen molar-refractivity contribution in [3.05, 3.63) is 101 Å². The number of phenolic OH excluding ortho intramolecular Hbond substituents is 1. The van der Waals surface area contributed by atoms with Gasteiger partial charge in [0.15, 0.2) is 0 Å². The number of carbonyl (C=O) groups is 1. The van der Waals surface area contributed by atoms with Crippen molar-refractivity contribution < 1.29 is 14.6 Å². The van der Waals surface area contributed by atoms with Crippen LogP contribution in [0.25, 0.3) is 11.3 Å². The lowest BCUT2D eigenvalue weighted by Crippen LogP contribution is -2.31. The normalized spacial score (nSPS) is 15.1. The highest BCUT2D eigenvalue weighted by Crippen LogP contribution is 2.44. The molecular formula is C26H23N3O3. The quantitative estimate of drug-likeness (QED) is 0.474. The summed E-state index contributed by atoms with van der Waals surface area (Å²) in [6.07, 6.45) is 0.711. The van der Waals surface area contributed by atoms with E-state index in [0.29, 0.717) is 29.9 Å². The van der Waals surface area contributed by atoms with E-state index in [2.05, 4.69) is 10.2 Å². The number of ether oxygens (including phenoxy) is 1. The van der Waals surface area contributed by atoms with Crippen LogP contribution in [0.4, 0.5) is 0 Å². The molecule has 0 saturated heterocycles. The summed E-state index contributed by atoms with van der Waals surface area (Å²) in [5.41, 5.74) is 4.62. The van der Waals surface area contributed by atoms with Gasteiger partial charge in [-0.05, 0) is 41.8 Å². The van der Waals surface area contributed by atoms with Crippen molar-refractivity contribution in [3.63, 3.8) is 0 Å². The van der Waals surface area contributed by atoms with Gasteiger partial charge in [-0.1, -0.05) is 54.6 Å². The number of fused-ring (bicyclic) bond motifs is 1. The number of hydrogen-bond acceptors (Lipinski definition) is 4. The molecule has 0 radical (unpaired) electrons. The van der Waals surface area contributed by atoms with Crippen molar-refractivity contribution in [2.24, 2.45) is 0 Å². The molecule has 5 rings (SSSR count). The number of aromatic amines is 1. The first-order chi connectivity index (χ1) is 15.7. The minimum absolute atomic E-state index is 0.0865. The summed E-state index contributed by atoms with van der Waals surface area (Å²) in [5.74, 6) is 0.857. The summed E-state index contributed by atoms with van der Waals surface area (Å²) in [6.45, 7) is 0.549. The van der Waals surface area contributed by atoms with Crippen LogP contribution in [0.2, 0.25) is 0 Å². The first-order valence-electron chi connectivity index (χ1n) is 10.5. The molecule has 3 aromatic carbocycles. The van der Waals surface area contributed by atoms with Gasteiger partial charge in [0.25, 0.3) is 5.91 Å². The molecule has 0 fully saturated rings. The molecule has 0 saturated carbocycles. The minimum atomic E-state index is -0.287. The average Bonchev–Trinajstić information content (AvgIpc) is 3.37. The zero-order valence-corrected chi connectivity index (χ0v) is 17.7. The van der Waals surface area contributed by atoms with Crippen LogP contribution in [0.5, 0.6) is 11.5 Å².